The fourth-order valence-corrected chi connectivity index (χ4v) is 2.37. The average Bonchev–Trinajstić information content (AvgIpc) is 2.76. The molecule has 0 aromatic heterocycles. The van der Waals surface area contributed by atoms with Crippen LogP contribution in [0.3, 0.4) is 0 Å². The Hall–Kier alpha value is -0.970. The highest BCUT2D eigenvalue weighted by molar-refractivity contribution is 6.30. The minimum Gasteiger partial charge on any atom is -0.488 e. The summed E-state index contributed by atoms with van der Waals surface area (Å²) in [6.45, 7) is 3.20. The van der Waals surface area contributed by atoms with E-state index in [1.54, 1.807) is 6.07 Å². The fraction of sp³-hybridized carbons (Fsp3) is 0.500. The van der Waals surface area contributed by atoms with Crippen LogP contribution in [0.5, 0.6) is 5.75 Å². The Kier molecular flexibility index (Phi) is 6.59. The lowest BCUT2D eigenvalue weighted by molar-refractivity contribution is -0.130. The van der Waals surface area contributed by atoms with Crippen LogP contribution in [-0.4, -0.2) is 36.0 Å². The number of carbonyl (C=O) groups is 1. The predicted molar refractivity (Wildman–Crippen MR) is 82.6 cm³/mol. The van der Waals surface area contributed by atoms with Crippen LogP contribution in [0.2, 0.25) is 5.02 Å². The highest BCUT2D eigenvalue weighted by Crippen LogP contribution is 2.22. The fourth-order valence-electron chi connectivity index (χ4n) is 2.19. The van der Waals surface area contributed by atoms with Crippen LogP contribution in [0.4, 0.5) is 0 Å². The van der Waals surface area contributed by atoms with Crippen LogP contribution in [0.25, 0.3) is 0 Å². The molecule has 1 saturated heterocycles. The molecule has 2 N–H and O–H groups in total. The zero-order chi connectivity index (χ0) is 13.8. The van der Waals surface area contributed by atoms with E-state index in [-0.39, 0.29) is 30.5 Å². The number of halogens is 2. The van der Waals surface area contributed by atoms with Gasteiger partial charge in [-0.2, -0.15) is 0 Å². The smallest absolute Gasteiger partial charge is 0.224 e. The highest BCUT2D eigenvalue weighted by Gasteiger charge is 2.27. The minimum atomic E-state index is -0.0969. The highest BCUT2D eigenvalue weighted by atomic mass is 35.5. The number of likely N-dealkylation sites (tertiary alicyclic amines) is 1. The number of hydrogen-bond acceptors (Lipinski definition) is 3. The standard InChI is InChI=1S/C14H19ClN2O2.ClH/c1-10(16)7-14(18)17-6-5-13(9-17)19-12-4-2-3-11(15)8-12;/h2-4,8,10,13H,5-7,9,16H2,1H3;1H. The van der Waals surface area contributed by atoms with Gasteiger partial charge in [0.2, 0.25) is 5.91 Å². The second kappa shape index (κ2) is 7.72. The molecule has 0 aliphatic carbocycles. The molecule has 20 heavy (non-hydrogen) atoms. The Balaban J connectivity index is 0.00000200. The van der Waals surface area contributed by atoms with Gasteiger partial charge in [0.1, 0.15) is 11.9 Å². The summed E-state index contributed by atoms with van der Waals surface area (Å²) in [7, 11) is 0. The number of nitrogens with zero attached hydrogens (tertiary/aromatic N) is 1. The normalized spacial score (nSPS) is 19.4. The van der Waals surface area contributed by atoms with Crippen LogP contribution < -0.4 is 10.5 Å². The van der Waals surface area contributed by atoms with Gasteiger partial charge in [-0.3, -0.25) is 4.79 Å². The number of carbonyl (C=O) groups excluding carboxylic acids is 1. The zero-order valence-corrected chi connectivity index (χ0v) is 13.0. The molecule has 6 heteroatoms. The molecule has 2 rings (SSSR count). The largest absolute Gasteiger partial charge is 0.488 e. The molecule has 0 bridgehead atoms. The van der Waals surface area contributed by atoms with Crippen LogP contribution in [0.15, 0.2) is 24.3 Å². The van der Waals surface area contributed by atoms with Gasteiger partial charge in [-0.1, -0.05) is 17.7 Å². The van der Waals surface area contributed by atoms with E-state index in [4.69, 9.17) is 22.1 Å². The summed E-state index contributed by atoms with van der Waals surface area (Å²) in [5.41, 5.74) is 5.64. The topological polar surface area (TPSA) is 55.6 Å². The Bertz CT molecular complexity index is 455. The number of ether oxygens (including phenoxy) is 1. The molecular formula is C14H20Cl2N2O2. The Morgan fingerprint density at radius 3 is 3.00 bits per heavy atom. The molecule has 4 nitrogen and oxygen atoms in total. The molecule has 0 saturated carbocycles. The van der Waals surface area contributed by atoms with Crippen LogP contribution >= 0.6 is 24.0 Å². The van der Waals surface area contributed by atoms with Crippen molar-refractivity contribution in [2.45, 2.75) is 31.9 Å². The molecule has 0 radical (unpaired) electrons. The van der Waals surface area contributed by atoms with Crippen molar-refractivity contribution < 1.29 is 9.53 Å². The van der Waals surface area contributed by atoms with Gasteiger partial charge in [-0.05, 0) is 25.1 Å². The molecule has 1 aliphatic rings. The molecule has 1 aromatic carbocycles. The average molecular weight is 319 g/mol. The quantitative estimate of drug-likeness (QED) is 0.927. The first kappa shape index (κ1) is 17.1. The number of hydrogen-bond donors (Lipinski definition) is 1. The van der Waals surface area contributed by atoms with E-state index >= 15 is 0 Å². The van der Waals surface area contributed by atoms with Gasteiger partial charge in [-0.15, -0.1) is 12.4 Å². The number of rotatable bonds is 4. The summed E-state index contributed by atoms with van der Waals surface area (Å²) in [5, 5.41) is 0.653. The van der Waals surface area contributed by atoms with Crippen molar-refractivity contribution in [1.29, 1.82) is 0 Å². The third-order valence-electron chi connectivity index (χ3n) is 3.09. The monoisotopic (exact) mass is 318 g/mol. The Morgan fingerprint density at radius 1 is 1.60 bits per heavy atom. The molecule has 1 heterocycles. The molecule has 1 aromatic rings. The number of amides is 1. The van der Waals surface area contributed by atoms with E-state index in [0.29, 0.717) is 18.0 Å². The first-order valence-corrected chi connectivity index (χ1v) is 6.88. The van der Waals surface area contributed by atoms with Gasteiger partial charge in [0.05, 0.1) is 6.54 Å². The minimum absolute atomic E-state index is 0. The SMILES string of the molecule is CC(N)CC(=O)N1CCC(Oc2cccc(Cl)c2)C1.Cl. The van der Waals surface area contributed by atoms with E-state index in [1.165, 1.54) is 0 Å². The summed E-state index contributed by atoms with van der Waals surface area (Å²) in [5.74, 6) is 0.853. The second-order valence-electron chi connectivity index (χ2n) is 5.01. The first-order chi connectivity index (χ1) is 9.04. The third-order valence-corrected chi connectivity index (χ3v) is 3.33. The molecule has 112 valence electrons. The first-order valence-electron chi connectivity index (χ1n) is 6.50. The van der Waals surface area contributed by atoms with Crippen LogP contribution in [0.1, 0.15) is 19.8 Å². The van der Waals surface area contributed by atoms with Crippen molar-refractivity contribution in [3.63, 3.8) is 0 Å². The van der Waals surface area contributed by atoms with Crippen LogP contribution in [-0.2, 0) is 4.79 Å². The summed E-state index contributed by atoms with van der Waals surface area (Å²) >= 11 is 5.91. The molecule has 2 atom stereocenters. The van der Waals surface area contributed by atoms with Crippen molar-refractivity contribution in [3.05, 3.63) is 29.3 Å². The molecule has 1 fully saturated rings. The van der Waals surface area contributed by atoms with Crippen molar-refractivity contribution >= 4 is 29.9 Å². The maximum absolute atomic E-state index is 11.9. The van der Waals surface area contributed by atoms with Gasteiger partial charge in [0.15, 0.2) is 0 Å². The summed E-state index contributed by atoms with van der Waals surface area (Å²) < 4.78 is 5.83. The zero-order valence-electron chi connectivity index (χ0n) is 11.4. The summed E-state index contributed by atoms with van der Waals surface area (Å²) in [6, 6.07) is 7.22. The maximum Gasteiger partial charge on any atom is 0.224 e. The summed E-state index contributed by atoms with van der Waals surface area (Å²) in [6.07, 6.45) is 1.27. The Morgan fingerprint density at radius 2 is 2.35 bits per heavy atom. The second-order valence-corrected chi connectivity index (χ2v) is 5.44. The lowest BCUT2D eigenvalue weighted by Gasteiger charge is -2.18. The van der Waals surface area contributed by atoms with Gasteiger partial charge in [0.25, 0.3) is 0 Å². The van der Waals surface area contributed by atoms with E-state index in [2.05, 4.69) is 0 Å². The molecule has 1 amide bonds. The van der Waals surface area contributed by atoms with Crippen molar-refractivity contribution in [3.8, 4) is 5.75 Å². The van der Waals surface area contributed by atoms with Gasteiger partial charge in [0, 0.05) is 30.5 Å². The van der Waals surface area contributed by atoms with Gasteiger partial charge < -0.3 is 15.4 Å². The lowest BCUT2D eigenvalue weighted by atomic mass is 10.2. The molecule has 1 aliphatic heterocycles. The maximum atomic E-state index is 11.9. The van der Waals surface area contributed by atoms with Gasteiger partial charge in [-0.25, -0.2) is 0 Å². The summed E-state index contributed by atoms with van der Waals surface area (Å²) in [4.78, 5) is 13.7. The van der Waals surface area contributed by atoms with Crippen LogP contribution in [0, 0.1) is 0 Å². The predicted octanol–water partition coefficient (Wildman–Crippen LogP) is 2.48. The van der Waals surface area contributed by atoms with E-state index < -0.39 is 0 Å². The molecule has 0 spiro atoms. The number of nitrogens with two attached hydrogens (primary N) is 1. The molecular weight excluding hydrogens is 299 g/mol. The van der Waals surface area contributed by atoms with E-state index in [0.717, 1.165) is 18.7 Å². The third kappa shape index (κ3) is 4.85. The molecule has 2 unspecified atom stereocenters. The number of benzene rings is 1. The van der Waals surface area contributed by atoms with Crippen molar-refractivity contribution in [2.75, 3.05) is 13.1 Å². The van der Waals surface area contributed by atoms with E-state index in [9.17, 15) is 4.79 Å². The lowest BCUT2D eigenvalue weighted by Crippen LogP contribution is -2.34. The Labute approximate surface area is 130 Å². The van der Waals surface area contributed by atoms with Crippen molar-refractivity contribution in [1.82, 2.24) is 4.90 Å². The van der Waals surface area contributed by atoms with Gasteiger partial charge >= 0.3 is 0 Å². The van der Waals surface area contributed by atoms with Crippen molar-refractivity contribution in [2.24, 2.45) is 5.73 Å². The van der Waals surface area contributed by atoms with E-state index in [1.807, 2.05) is 30.0 Å².